The smallest absolute Gasteiger partial charge is 0.241 e. The Morgan fingerprint density at radius 3 is 2.91 bits per heavy atom. The molecule has 0 spiro atoms. The number of rotatable bonds is 7. The van der Waals surface area contributed by atoms with Crippen LogP contribution in [0.5, 0.6) is 0 Å². The van der Waals surface area contributed by atoms with Crippen molar-refractivity contribution in [2.45, 2.75) is 17.9 Å². The van der Waals surface area contributed by atoms with Crippen LogP contribution in [0.3, 0.4) is 0 Å². The Bertz CT molecular complexity index is 779. The average molecular weight is 337 g/mol. The van der Waals surface area contributed by atoms with Gasteiger partial charge in [0, 0.05) is 25.5 Å². The van der Waals surface area contributed by atoms with Crippen LogP contribution in [-0.4, -0.2) is 27.1 Å². The molecule has 6 nitrogen and oxygen atoms in total. The van der Waals surface area contributed by atoms with Gasteiger partial charge in [-0.05, 0) is 12.1 Å². The first-order valence-electron chi connectivity index (χ1n) is 6.48. The Morgan fingerprint density at radius 2 is 2.18 bits per heavy atom. The van der Waals surface area contributed by atoms with Gasteiger partial charge in [-0.3, -0.25) is 0 Å². The second-order valence-electron chi connectivity index (χ2n) is 4.42. The fraction of sp³-hybridized carbons (Fsp3) is 0.286. The van der Waals surface area contributed by atoms with Gasteiger partial charge in [-0.1, -0.05) is 12.1 Å². The van der Waals surface area contributed by atoms with Crippen LogP contribution < -0.4 is 4.72 Å². The lowest BCUT2D eigenvalue weighted by Crippen LogP contribution is -2.26. The molecule has 2 rings (SSSR count). The SMILES string of the molecule is COCc1nc(CCNS(=O)(=O)c2ccccc2C#N)cs1. The van der Waals surface area contributed by atoms with Gasteiger partial charge >= 0.3 is 0 Å². The topological polar surface area (TPSA) is 92.1 Å². The third kappa shape index (κ3) is 4.11. The van der Waals surface area contributed by atoms with Crippen molar-refractivity contribution in [3.8, 4) is 6.07 Å². The van der Waals surface area contributed by atoms with E-state index < -0.39 is 10.0 Å². The zero-order valence-corrected chi connectivity index (χ0v) is 13.6. The van der Waals surface area contributed by atoms with E-state index >= 15 is 0 Å². The molecule has 0 aliphatic rings. The van der Waals surface area contributed by atoms with E-state index in [4.69, 9.17) is 10.00 Å². The molecule has 0 unspecified atom stereocenters. The van der Waals surface area contributed by atoms with Crippen molar-refractivity contribution >= 4 is 21.4 Å². The minimum Gasteiger partial charge on any atom is -0.378 e. The lowest BCUT2D eigenvalue weighted by Gasteiger charge is -2.07. The van der Waals surface area contributed by atoms with E-state index in [0.29, 0.717) is 13.0 Å². The summed E-state index contributed by atoms with van der Waals surface area (Å²) in [6, 6.07) is 8.00. The van der Waals surface area contributed by atoms with E-state index in [2.05, 4.69) is 9.71 Å². The number of nitrogens with one attached hydrogen (secondary N) is 1. The van der Waals surface area contributed by atoms with Gasteiger partial charge < -0.3 is 4.74 Å². The second kappa shape index (κ2) is 7.47. The lowest BCUT2D eigenvalue weighted by atomic mass is 10.2. The zero-order valence-electron chi connectivity index (χ0n) is 11.9. The number of benzene rings is 1. The minimum atomic E-state index is -3.70. The number of sulfonamides is 1. The normalized spacial score (nSPS) is 11.3. The Morgan fingerprint density at radius 1 is 1.41 bits per heavy atom. The van der Waals surface area contributed by atoms with Crippen LogP contribution in [0.4, 0.5) is 0 Å². The molecule has 8 heteroatoms. The highest BCUT2D eigenvalue weighted by Gasteiger charge is 2.17. The molecule has 0 radical (unpaired) electrons. The van der Waals surface area contributed by atoms with Crippen molar-refractivity contribution in [2.75, 3.05) is 13.7 Å². The Hall–Kier alpha value is -1.79. The highest BCUT2D eigenvalue weighted by atomic mass is 32.2. The zero-order chi connectivity index (χ0) is 16.0. The molecule has 0 saturated carbocycles. The molecule has 1 heterocycles. The molecule has 116 valence electrons. The van der Waals surface area contributed by atoms with E-state index in [1.807, 2.05) is 11.4 Å². The molecule has 0 atom stereocenters. The number of nitrogens with zero attached hydrogens (tertiary/aromatic N) is 2. The van der Waals surface area contributed by atoms with Gasteiger partial charge in [0.25, 0.3) is 0 Å². The summed E-state index contributed by atoms with van der Waals surface area (Å²) < 4.78 is 31.9. The molecule has 0 fully saturated rings. The standard InChI is InChI=1S/C14H15N3O3S2/c1-20-9-14-17-12(10-21-14)6-7-16-22(18,19)13-5-3-2-4-11(13)8-15/h2-5,10,16H,6-7,9H2,1H3. The van der Waals surface area contributed by atoms with Crippen LogP contribution >= 0.6 is 11.3 Å². The predicted octanol–water partition coefficient (Wildman–Crippen LogP) is 1.68. The van der Waals surface area contributed by atoms with Gasteiger partial charge in [0.05, 0.1) is 22.8 Å². The van der Waals surface area contributed by atoms with Crippen molar-refractivity contribution in [3.05, 3.63) is 45.9 Å². The maximum atomic E-state index is 12.2. The van der Waals surface area contributed by atoms with Crippen molar-refractivity contribution in [1.82, 2.24) is 9.71 Å². The summed E-state index contributed by atoms with van der Waals surface area (Å²) in [5.41, 5.74) is 0.944. The maximum Gasteiger partial charge on any atom is 0.241 e. The van der Waals surface area contributed by atoms with Crippen LogP contribution in [-0.2, 0) is 27.8 Å². The van der Waals surface area contributed by atoms with Gasteiger partial charge in [-0.25, -0.2) is 18.1 Å². The third-order valence-electron chi connectivity index (χ3n) is 2.84. The molecule has 0 saturated heterocycles. The van der Waals surface area contributed by atoms with Crippen LogP contribution in [0.1, 0.15) is 16.3 Å². The molecule has 0 aliphatic heterocycles. The van der Waals surface area contributed by atoms with E-state index in [1.54, 1.807) is 19.2 Å². The van der Waals surface area contributed by atoms with Crippen LogP contribution in [0.2, 0.25) is 0 Å². The summed E-state index contributed by atoms with van der Waals surface area (Å²) in [6.45, 7) is 0.671. The minimum absolute atomic E-state index is 0.00384. The molecular formula is C14H15N3O3S2. The van der Waals surface area contributed by atoms with Gasteiger partial charge in [-0.2, -0.15) is 5.26 Å². The van der Waals surface area contributed by atoms with Crippen LogP contribution in [0.15, 0.2) is 34.5 Å². The Labute approximate surface area is 133 Å². The number of nitriles is 1. The van der Waals surface area contributed by atoms with Crippen LogP contribution in [0.25, 0.3) is 0 Å². The third-order valence-corrected chi connectivity index (χ3v) is 5.23. The average Bonchev–Trinajstić information content (AvgIpc) is 2.95. The van der Waals surface area contributed by atoms with Gasteiger partial charge in [0.15, 0.2) is 0 Å². The first kappa shape index (κ1) is 16.6. The first-order chi connectivity index (χ1) is 10.6. The lowest BCUT2D eigenvalue weighted by molar-refractivity contribution is 0.184. The Balaban J connectivity index is 1.99. The van der Waals surface area contributed by atoms with Crippen LogP contribution in [0, 0.1) is 11.3 Å². The van der Waals surface area contributed by atoms with E-state index in [0.717, 1.165) is 10.7 Å². The number of thiazole rings is 1. The van der Waals surface area contributed by atoms with Gasteiger partial charge in [0.1, 0.15) is 11.1 Å². The molecule has 0 aliphatic carbocycles. The van der Waals surface area contributed by atoms with Crippen molar-refractivity contribution in [1.29, 1.82) is 5.26 Å². The quantitative estimate of drug-likeness (QED) is 0.830. The molecule has 1 aromatic heterocycles. The number of ether oxygens (including phenoxy) is 1. The maximum absolute atomic E-state index is 12.2. The van der Waals surface area contributed by atoms with E-state index in [9.17, 15) is 8.42 Å². The Kier molecular flexibility index (Phi) is 5.63. The molecule has 1 aromatic carbocycles. The predicted molar refractivity (Wildman–Crippen MR) is 82.9 cm³/mol. The highest BCUT2D eigenvalue weighted by Crippen LogP contribution is 2.14. The van der Waals surface area contributed by atoms with Crippen molar-refractivity contribution in [3.63, 3.8) is 0 Å². The number of hydrogen-bond donors (Lipinski definition) is 1. The molecule has 2 aromatic rings. The summed E-state index contributed by atoms with van der Waals surface area (Å²) in [5, 5.41) is 11.7. The van der Waals surface area contributed by atoms with E-state index in [1.165, 1.54) is 23.5 Å². The monoisotopic (exact) mass is 337 g/mol. The summed E-state index contributed by atoms with van der Waals surface area (Å²) in [5.74, 6) is 0. The summed E-state index contributed by atoms with van der Waals surface area (Å²) >= 11 is 1.48. The van der Waals surface area contributed by atoms with Gasteiger partial charge in [-0.15, -0.1) is 11.3 Å². The number of methoxy groups -OCH3 is 1. The molecule has 0 amide bonds. The molecule has 1 N–H and O–H groups in total. The summed E-state index contributed by atoms with van der Waals surface area (Å²) in [6.07, 6.45) is 0.480. The van der Waals surface area contributed by atoms with Gasteiger partial charge in [0.2, 0.25) is 10.0 Å². The summed E-state index contributed by atoms with van der Waals surface area (Å²) in [7, 11) is -2.10. The number of hydrogen-bond acceptors (Lipinski definition) is 6. The highest BCUT2D eigenvalue weighted by molar-refractivity contribution is 7.89. The molecule has 0 bridgehead atoms. The summed E-state index contributed by atoms with van der Waals surface area (Å²) in [4.78, 5) is 4.33. The number of aromatic nitrogens is 1. The van der Waals surface area contributed by atoms with Crippen molar-refractivity contribution < 1.29 is 13.2 Å². The second-order valence-corrected chi connectivity index (χ2v) is 7.10. The molecule has 22 heavy (non-hydrogen) atoms. The van der Waals surface area contributed by atoms with E-state index in [-0.39, 0.29) is 17.0 Å². The first-order valence-corrected chi connectivity index (χ1v) is 8.84. The fourth-order valence-corrected chi connectivity index (χ4v) is 3.82. The van der Waals surface area contributed by atoms with Crippen molar-refractivity contribution in [2.24, 2.45) is 0 Å². The fourth-order valence-electron chi connectivity index (χ4n) is 1.84. The molecular weight excluding hydrogens is 322 g/mol. The largest absolute Gasteiger partial charge is 0.378 e.